The van der Waals surface area contributed by atoms with Crippen molar-refractivity contribution in [3.05, 3.63) is 28.5 Å². The third-order valence-corrected chi connectivity index (χ3v) is 2.61. The number of methoxy groups -OCH3 is 1. The number of aryl methyl sites for hydroxylation is 1. The van der Waals surface area contributed by atoms with Crippen LogP contribution in [0.3, 0.4) is 0 Å². The maximum absolute atomic E-state index is 11.9. The zero-order valence-corrected chi connectivity index (χ0v) is 11.3. The van der Waals surface area contributed by atoms with E-state index in [1.54, 1.807) is 26.2 Å². The summed E-state index contributed by atoms with van der Waals surface area (Å²) in [5.41, 5.74) is 0.838. The molecular weight excluding hydrogens is 240 g/mol. The summed E-state index contributed by atoms with van der Waals surface area (Å²) in [5.74, 6) is -0.178. The van der Waals surface area contributed by atoms with Crippen molar-refractivity contribution < 1.29 is 9.53 Å². The first-order valence-electron chi connectivity index (χ1n) is 5.31. The Morgan fingerprint density at radius 1 is 1.53 bits per heavy atom. The second kappa shape index (κ2) is 5.47. The number of carbonyl (C=O) groups is 1. The molecule has 1 heterocycles. The normalized spacial score (nSPS) is 11.4. The van der Waals surface area contributed by atoms with Crippen LogP contribution in [-0.2, 0) is 4.74 Å². The molecule has 0 aliphatic heterocycles. The van der Waals surface area contributed by atoms with Gasteiger partial charge in [-0.1, -0.05) is 11.6 Å². The summed E-state index contributed by atoms with van der Waals surface area (Å²) >= 11 is 5.80. The fraction of sp³-hybridized carbons (Fsp3) is 0.500. The van der Waals surface area contributed by atoms with E-state index in [9.17, 15) is 4.79 Å². The molecule has 0 fully saturated rings. The Labute approximate surface area is 106 Å². The van der Waals surface area contributed by atoms with Gasteiger partial charge in [-0.3, -0.25) is 4.79 Å². The van der Waals surface area contributed by atoms with E-state index in [4.69, 9.17) is 16.3 Å². The lowest BCUT2D eigenvalue weighted by Crippen LogP contribution is -2.39. The highest BCUT2D eigenvalue weighted by Gasteiger charge is 2.18. The van der Waals surface area contributed by atoms with Crippen molar-refractivity contribution in [2.45, 2.75) is 26.4 Å². The third-order valence-electron chi connectivity index (χ3n) is 2.41. The number of rotatable bonds is 4. The molecule has 0 aliphatic carbocycles. The van der Waals surface area contributed by atoms with E-state index in [1.807, 2.05) is 13.8 Å². The zero-order valence-electron chi connectivity index (χ0n) is 10.5. The molecule has 1 aromatic rings. The molecule has 0 unspecified atom stereocenters. The van der Waals surface area contributed by atoms with Gasteiger partial charge < -0.3 is 10.1 Å². The molecule has 4 nitrogen and oxygen atoms in total. The summed E-state index contributed by atoms with van der Waals surface area (Å²) in [7, 11) is 1.61. The molecular formula is C12H17ClN2O2. The van der Waals surface area contributed by atoms with E-state index in [2.05, 4.69) is 10.3 Å². The molecule has 0 bridgehead atoms. The minimum Gasteiger partial charge on any atom is -0.377 e. The van der Waals surface area contributed by atoms with E-state index in [0.717, 1.165) is 0 Å². The topological polar surface area (TPSA) is 51.2 Å². The Morgan fingerprint density at radius 3 is 2.71 bits per heavy atom. The summed E-state index contributed by atoms with van der Waals surface area (Å²) in [6.07, 6.45) is 0. The SMILES string of the molecule is COC(C)(C)CNC(=O)c1cc(C)nc(Cl)c1. The number of amides is 1. The molecule has 5 heteroatoms. The highest BCUT2D eigenvalue weighted by Crippen LogP contribution is 2.11. The lowest BCUT2D eigenvalue weighted by molar-refractivity contribution is 0.0229. The average Bonchev–Trinajstić information content (AvgIpc) is 2.24. The van der Waals surface area contributed by atoms with Crippen molar-refractivity contribution in [2.24, 2.45) is 0 Å². The lowest BCUT2D eigenvalue weighted by atomic mass is 10.1. The molecule has 17 heavy (non-hydrogen) atoms. The number of aromatic nitrogens is 1. The minimum absolute atomic E-state index is 0.178. The number of hydrogen-bond donors (Lipinski definition) is 1. The summed E-state index contributed by atoms with van der Waals surface area (Å²) < 4.78 is 5.22. The van der Waals surface area contributed by atoms with E-state index < -0.39 is 0 Å². The van der Waals surface area contributed by atoms with Gasteiger partial charge in [-0.05, 0) is 32.9 Å². The monoisotopic (exact) mass is 256 g/mol. The molecule has 0 spiro atoms. The summed E-state index contributed by atoms with van der Waals surface area (Å²) in [6, 6.07) is 3.24. The smallest absolute Gasteiger partial charge is 0.251 e. The molecule has 0 saturated heterocycles. The fourth-order valence-electron chi connectivity index (χ4n) is 1.23. The molecule has 0 saturated carbocycles. The number of ether oxygens (including phenoxy) is 1. The van der Waals surface area contributed by atoms with Crippen LogP contribution < -0.4 is 5.32 Å². The second-order valence-electron chi connectivity index (χ2n) is 4.47. The van der Waals surface area contributed by atoms with Crippen LogP contribution in [0.15, 0.2) is 12.1 Å². The average molecular weight is 257 g/mol. The molecule has 1 rings (SSSR count). The van der Waals surface area contributed by atoms with Crippen LogP contribution >= 0.6 is 11.6 Å². The molecule has 94 valence electrons. The predicted molar refractivity (Wildman–Crippen MR) is 67.4 cm³/mol. The Balaban J connectivity index is 2.70. The second-order valence-corrected chi connectivity index (χ2v) is 4.85. The molecule has 0 radical (unpaired) electrons. The standard InChI is InChI=1S/C12H17ClN2O2/c1-8-5-9(6-10(13)15-8)11(16)14-7-12(2,3)17-4/h5-6H,7H2,1-4H3,(H,14,16). The number of nitrogens with zero attached hydrogens (tertiary/aromatic N) is 1. The van der Waals surface area contributed by atoms with Crippen molar-refractivity contribution >= 4 is 17.5 Å². The van der Waals surface area contributed by atoms with Gasteiger partial charge >= 0.3 is 0 Å². The van der Waals surface area contributed by atoms with Gasteiger partial charge in [0.05, 0.1) is 5.60 Å². The molecule has 0 aromatic carbocycles. The van der Waals surface area contributed by atoms with Crippen molar-refractivity contribution in [3.63, 3.8) is 0 Å². The number of carbonyl (C=O) groups excluding carboxylic acids is 1. The van der Waals surface area contributed by atoms with Gasteiger partial charge in [-0.15, -0.1) is 0 Å². The van der Waals surface area contributed by atoms with Crippen molar-refractivity contribution in [1.82, 2.24) is 10.3 Å². The van der Waals surface area contributed by atoms with Crippen LogP contribution in [0.5, 0.6) is 0 Å². The third kappa shape index (κ3) is 4.32. The van der Waals surface area contributed by atoms with Gasteiger partial charge in [0.1, 0.15) is 5.15 Å². The molecule has 0 atom stereocenters. The summed E-state index contributed by atoms with van der Waals surface area (Å²) in [4.78, 5) is 15.9. The summed E-state index contributed by atoms with van der Waals surface area (Å²) in [5, 5.41) is 3.11. The Bertz CT molecular complexity index is 399. The van der Waals surface area contributed by atoms with Crippen molar-refractivity contribution in [3.8, 4) is 0 Å². The van der Waals surface area contributed by atoms with E-state index in [-0.39, 0.29) is 11.5 Å². The van der Waals surface area contributed by atoms with Crippen LogP contribution in [0.1, 0.15) is 29.9 Å². The largest absolute Gasteiger partial charge is 0.377 e. The van der Waals surface area contributed by atoms with E-state index >= 15 is 0 Å². The maximum atomic E-state index is 11.9. The number of halogens is 1. The first-order chi connectivity index (χ1) is 7.84. The Kier molecular flexibility index (Phi) is 4.48. The fourth-order valence-corrected chi connectivity index (χ4v) is 1.48. The van der Waals surface area contributed by atoms with Gasteiger partial charge in [0.25, 0.3) is 5.91 Å². The quantitative estimate of drug-likeness (QED) is 0.841. The highest BCUT2D eigenvalue weighted by atomic mass is 35.5. The van der Waals surface area contributed by atoms with Crippen LogP contribution in [0, 0.1) is 6.92 Å². The maximum Gasteiger partial charge on any atom is 0.251 e. The Morgan fingerprint density at radius 2 is 2.18 bits per heavy atom. The highest BCUT2D eigenvalue weighted by molar-refractivity contribution is 6.29. The molecule has 1 amide bonds. The molecule has 0 aliphatic rings. The van der Waals surface area contributed by atoms with Crippen LogP contribution in [0.2, 0.25) is 5.15 Å². The van der Waals surface area contributed by atoms with Gasteiger partial charge in [-0.2, -0.15) is 0 Å². The Hall–Kier alpha value is -1.13. The first kappa shape index (κ1) is 13.9. The first-order valence-corrected chi connectivity index (χ1v) is 5.69. The minimum atomic E-state index is -0.387. The van der Waals surface area contributed by atoms with Gasteiger partial charge in [0.15, 0.2) is 0 Å². The van der Waals surface area contributed by atoms with Crippen LogP contribution in [0.25, 0.3) is 0 Å². The van der Waals surface area contributed by atoms with E-state index in [0.29, 0.717) is 23.0 Å². The zero-order chi connectivity index (χ0) is 13.1. The van der Waals surface area contributed by atoms with Gasteiger partial charge in [0.2, 0.25) is 0 Å². The number of pyridine rings is 1. The van der Waals surface area contributed by atoms with E-state index in [1.165, 1.54) is 0 Å². The van der Waals surface area contributed by atoms with Gasteiger partial charge in [-0.25, -0.2) is 4.98 Å². The number of hydrogen-bond acceptors (Lipinski definition) is 3. The molecule has 1 aromatic heterocycles. The lowest BCUT2D eigenvalue weighted by Gasteiger charge is -2.23. The predicted octanol–water partition coefficient (Wildman–Crippen LogP) is 2.20. The summed E-state index contributed by atoms with van der Waals surface area (Å²) in [6.45, 7) is 6.03. The number of nitrogens with one attached hydrogen (secondary N) is 1. The van der Waals surface area contributed by atoms with Crippen molar-refractivity contribution in [2.75, 3.05) is 13.7 Å². The van der Waals surface area contributed by atoms with Gasteiger partial charge in [0, 0.05) is 24.9 Å². The van der Waals surface area contributed by atoms with Crippen LogP contribution in [-0.4, -0.2) is 30.1 Å². The van der Waals surface area contributed by atoms with Crippen LogP contribution in [0.4, 0.5) is 0 Å². The molecule has 1 N–H and O–H groups in total. The van der Waals surface area contributed by atoms with Crippen molar-refractivity contribution in [1.29, 1.82) is 0 Å².